The lowest BCUT2D eigenvalue weighted by molar-refractivity contribution is 0.448. The Morgan fingerprint density at radius 1 is 0.524 bits per heavy atom. The zero-order valence-electron chi connectivity index (χ0n) is 11.5. The Morgan fingerprint density at radius 3 is 1.76 bits per heavy atom. The molecule has 4 aromatic rings. The molecule has 0 bridgehead atoms. The second kappa shape index (κ2) is 5.96. The molecule has 0 radical (unpaired) electrons. The van der Waals surface area contributed by atoms with Crippen molar-refractivity contribution in [1.29, 1.82) is 0 Å². The molecule has 4 rings (SSSR count). The van der Waals surface area contributed by atoms with Gasteiger partial charge in [0.25, 0.3) is 0 Å². The highest BCUT2D eigenvalue weighted by Crippen LogP contribution is 2.29. The molecule has 0 spiro atoms. The fourth-order valence-electron chi connectivity index (χ4n) is 2.70. The first-order chi connectivity index (χ1) is 10.3. The van der Waals surface area contributed by atoms with Crippen LogP contribution in [0.4, 0.5) is 0 Å². The van der Waals surface area contributed by atoms with Crippen LogP contribution in [0, 0.1) is 0 Å². The third-order valence-electron chi connectivity index (χ3n) is 3.61. The van der Waals surface area contributed by atoms with Crippen molar-refractivity contribution in [3.63, 3.8) is 0 Å². The van der Waals surface area contributed by atoms with Gasteiger partial charge in [-0.2, -0.15) is 0 Å². The summed E-state index contributed by atoms with van der Waals surface area (Å²) in [6, 6.07) is 26.1. The molecule has 0 aromatic heterocycles. The van der Waals surface area contributed by atoms with Crippen molar-refractivity contribution >= 4 is 40.0 Å². The Morgan fingerprint density at radius 2 is 1.05 bits per heavy atom. The fraction of sp³-hybridized carbons (Fsp3) is 0. The number of rotatable bonds is 0. The quantitative estimate of drug-likeness (QED) is 0.293. The molecule has 2 nitrogen and oxygen atoms in total. The van der Waals surface area contributed by atoms with Crippen LogP contribution in [0.2, 0.25) is 0 Å². The van der Waals surface area contributed by atoms with Crippen molar-refractivity contribution in [2.45, 2.75) is 0 Å². The Hall–Kier alpha value is -2.36. The summed E-state index contributed by atoms with van der Waals surface area (Å²) in [5.41, 5.74) is 0. The molecule has 0 unspecified atom stereocenters. The topological polar surface area (TPSA) is 40.5 Å². The van der Waals surface area contributed by atoms with Crippen molar-refractivity contribution in [3.05, 3.63) is 72.8 Å². The maximum Gasteiger partial charge on any atom is 0.432 e. The SMILES string of the molecule is OBO.c1ccc2cc3c(ccc4ccccc43)cc2c1. The summed E-state index contributed by atoms with van der Waals surface area (Å²) in [6.45, 7) is 0. The molecule has 2 N–H and O–H groups in total. The second-order valence-corrected chi connectivity index (χ2v) is 4.85. The summed E-state index contributed by atoms with van der Waals surface area (Å²) in [5.74, 6) is 0. The molecule has 0 fully saturated rings. The largest absolute Gasteiger partial charge is 0.432 e. The van der Waals surface area contributed by atoms with E-state index in [0.29, 0.717) is 0 Å². The van der Waals surface area contributed by atoms with Crippen LogP contribution in [0.25, 0.3) is 32.3 Å². The van der Waals surface area contributed by atoms with Gasteiger partial charge < -0.3 is 10.0 Å². The lowest BCUT2D eigenvalue weighted by Crippen LogP contribution is -1.79. The lowest BCUT2D eigenvalue weighted by Gasteiger charge is -2.06. The maximum absolute atomic E-state index is 7.12. The van der Waals surface area contributed by atoms with Crippen LogP contribution in [0.5, 0.6) is 0 Å². The molecule has 21 heavy (non-hydrogen) atoms. The predicted molar refractivity (Wildman–Crippen MR) is 90.5 cm³/mol. The average Bonchev–Trinajstić information content (AvgIpc) is 2.54. The van der Waals surface area contributed by atoms with Gasteiger partial charge in [-0.3, -0.25) is 0 Å². The molecular weight excluding hydrogens is 259 g/mol. The van der Waals surface area contributed by atoms with E-state index in [2.05, 4.69) is 72.8 Å². The Balaban J connectivity index is 0.000000409. The zero-order chi connectivity index (χ0) is 14.7. The third-order valence-corrected chi connectivity index (χ3v) is 3.61. The predicted octanol–water partition coefficient (Wildman–Crippen LogP) is 3.38. The summed E-state index contributed by atoms with van der Waals surface area (Å²) in [5, 5.41) is 22.2. The summed E-state index contributed by atoms with van der Waals surface area (Å²) in [6.07, 6.45) is 0. The molecule has 4 aromatic carbocycles. The molecule has 102 valence electrons. The Kier molecular flexibility index (Phi) is 3.86. The van der Waals surface area contributed by atoms with Crippen molar-refractivity contribution in [2.75, 3.05) is 0 Å². The molecule has 0 heterocycles. The summed E-state index contributed by atoms with van der Waals surface area (Å²) < 4.78 is 0. The molecule has 0 aliphatic carbocycles. The first-order valence-corrected chi connectivity index (χ1v) is 6.85. The molecule has 0 saturated heterocycles. The van der Waals surface area contributed by atoms with Crippen LogP contribution in [0.15, 0.2) is 72.8 Å². The number of hydrogen-bond donors (Lipinski definition) is 2. The zero-order valence-corrected chi connectivity index (χ0v) is 11.5. The van der Waals surface area contributed by atoms with Gasteiger partial charge >= 0.3 is 7.69 Å². The molecule has 0 amide bonds. The van der Waals surface area contributed by atoms with E-state index in [1.807, 2.05) is 0 Å². The highest BCUT2D eigenvalue weighted by Gasteiger charge is 2.01. The van der Waals surface area contributed by atoms with E-state index in [4.69, 9.17) is 10.0 Å². The van der Waals surface area contributed by atoms with Gasteiger partial charge in [0.15, 0.2) is 0 Å². The molecule has 0 atom stereocenters. The monoisotopic (exact) mass is 274 g/mol. The van der Waals surface area contributed by atoms with Crippen LogP contribution in [0.1, 0.15) is 0 Å². The third kappa shape index (κ3) is 2.61. The van der Waals surface area contributed by atoms with Gasteiger partial charge in [0, 0.05) is 0 Å². The van der Waals surface area contributed by atoms with Crippen LogP contribution in [-0.4, -0.2) is 17.7 Å². The summed E-state index contributed by atoms with van der Waals surface area (Å²) >= 11 is 0. The van der Waals surface area contributed by atoms with E-state index < -0.39 is 7.69 Å². The average molecular weight is 274 g/mol. The van der Waals surface area contributed by atoms with Gasteiger partial charge in [-0.1, -0.05) is 60.7 Å². The fourth-order valence-corrected chi connectivity index (χ4v) is 2.70. The van der Waals surface area contributed by atoms with E-state index in [9.17, 15) is 0 Å². The minimum absolute atomic E-state index is 0.750. The van der Waals surface area contributed by atoms with Crippen LogP contribution >= 0.6 is 0 Å². The summed E-state index contributed by atoms with van der Waals surface area (Å²) in [7, 11) is -0.750. The standard InChI is InChI=1S/C18H12.BH3O2/c1-2-7-15-12-18-16(11-14(15)6-1)10-9-13-5-3-4-8-17(13)18;2-1-3/h1-12H;1-3H. The highest BCUT2D eigenvalue weighted by atomic mass is 16.4. The van der Waals surface area contributed by atoms with Crippen molar-refractivity contribution in [1.82, 2.24) is 0 Å². The minimum atomic E-state index is -0.750. The van der Waals surface area contributed by atoms with Crippen molar-refractivity contribution < 1.29 is 10.0 Å². The van der Waals surface area contributed by atoms with Crippen molar-refractivity contribution in [2.24, 2.45) is 0 Å². The van der Waals surface area contributed by atoms with Crippen LogP contribution in [0.3, 0.4) is 0 Å². The number of fused-ring (bicyclic) bond motifs is 4. The normalized spacial score (nSPS) is 10.4. The van der Waals surface area contributed by atoms with Gasteiger partial charge in [-0.05, 0) is 44.5 Å². The van der Waals surface area contributed by atoms with Gasteiger partial charge in [0.05, 0.1) is 0 Å². The van der Waals surface area contributed by atoms with Gasteiger partial charge in [0.1, 0.15) is 0 Å². The molecule has 0 aliphatic rings. The first kappa shape index (κ1) is 13.6. The summed E-state index contributed by atoms with van der Waals surface area (Å²) in [4.78, 5) is 0. The number of benzene rings is 4. The van der Waals surface area contributed by atoms with E-state index in [0.717, 1.165) is 0 Å². The van der Waals surface area contributed by atoms with Crippen molar-refractivity contribution in [3.8, 4) is 0 Å². The molecule has 3 heteroatoms. The second-order valence-electron chi connectivity index (χ2n) is 4.85. The van der Waals surface area contributed by atoms with Gasteiger partial charge in [0.2, 0.25) is 0 Å². The molecule has 0 saturated carbocycles. The van der Waals surface area contributed by atoms with E-state index in [1.165, 1.54) is 32.3 Å². The first-order valence-electron chi connectivity index (χ1n) is 6.85. The Labute approximate surface area is 123 Å². The van der Waals surface area contributed by atoms with E-state index in [1.54, 1.807) is 0 Å². The molecular formula is C18H15BO2. The maximum atomic E-state index is 7.12. The number of hydrogen-bond acceptors (Lipinski definition) is 2. The lowest BCUT2D eigenvalue weighted by atomic mass is 9.98. The van der Waals surface area contributed by atoms with Crippen LogP contribution < -0.4 is 0 Å². The van der Waals surface area contributed by atoms with Gasteiger partial charge in [-0.15, -0.1) is 0 Å². The molecule has 0 aliphatic heterocycles. The van der Waals surface area contributed by atoms with E-state index in [-0.39, 0.29) is 0 Å². The highest BCUT2D eigenvalue weighted by molar-refractivity contribution is 6.13. The Bertz CT molecular complexity index is 897. The van der Waals surface area contributed by atoms with E-state index >= 15 is 0 Å². The minimum Gasteiger partial charge on any atom is -0.430 e. The van der Waals surface area contributed by atoms with Gasteiger partial charge in [-0.25, -0.2) is 0 Å². The van der Waals surface area contributed by atoms with Crippen LogP contribution in [-0.2, 0) is 0 Å². The smallest absolute Gasteiger partial charge is 0.430 e.